The molecule has 0 spiro atoms. The van der Waals surface area contributed by atoms with E-state index < -0.39 is 5.54 Å². The van der Waals surface area contributed by atoms with Gasteiger partial charge in [-0.05, 0) is 0 Å². The zero-order valence-corrected chi connectivity index (χ0v) is 7.05. The first kappa shape index (κ1) is 8.22. The average molecular weight is 177 g/mol. The van der Waals surface area contributed by atoms with Gasteiger partial charge in [-0.15, -0.1) is 0 Å². The third-order valence-corrected chi connectivity index (χ3v) is 2.23. The molecule has 0 fully saturated rings. The highest BCUT2D eigenvalue weighted by atomic mass is 16.5. The molecule has 4 heteroatoms. The van der Waals surface area contributed by atoms with E-state index in [1.54, 1.807) is 6.07 Å². The van der Waals surface area contributed by atoms with Crippen LogP contribution in [0.1, 0.15) is 5.69 Å². The van der Waals surface area contributed by atoms with Gasteiger partial charge in [-0.3, -0.25) is 0 Å². The second-order valence-corrected chi connectivity index (χ2v) is 3.09. The number of allylic oxidation sites excluding steroid dienone is 2. The summed E-state index contributed by atoms with van der Waals surface area (Å²) >= 11 is 0. The van der Waals surface area contributed by atoms with E-state index >= 15 is 0 Å². The zero-order chi connectivity index (χ0) is 9.31. The van der Waals surface area contributed by atoms with Crippen molar-refractivity contribution in [3.63, 3.8) is 0 Å². The van der Waals surface area contributed by atoms with Gasteiger partial charge in [0, 0.05) is 6.07 Å². The first-order chi connectivity index (χ1) is 6.23. The van der Waals surface area contributed by atoms with Crippen molar-refractivity contribution in [2.45, 2.75) is 11.6 Å². The SMILES string of the molecule is NC1C=CC=CC1(N)c1ccon1. The van der Waals surface area contributed by atoms with Crippen molar-refractivity contribution in [3.8, 4) is 0 Å². The molecule has 2 unspecified atom stereocenters. The van der Waals surface area contributed by atoms with Crippen LogP contribution in [0.4, 0.5) is 0 Å². The lowest BCUT2D eigenvalue weighted by Crippen LogP contribution is -2.51. The van der Waals surface area contributed by atoms with E-state index in [1.807, 2.05) is 24.3 Å². The number of nitrogens with two attached hydrogens (primary N) is 2. The maximum Gasteiger partial charge on any atom is 0.124 e. The molecular formula is C9H11N3O. The van der Waals surface area contributed by atoms with Crippen LogP contribution in [-0.4, -0.2) is 11.2 Å². The molecule has 0 saturated carbocycles. The van der Waals surface area contributed by atoms with Crippen molar-refractivity contribution in [1.82, 2.24) is 5.16 Å². The first-order valence-corrected chi connectivity index (χ1v) is 4.05. The summed E-state index contributed by atoms with van der Waals surface area (Å²) < 4.78 is 4.74. The summed E-state index contributed by atoms with van der Waals surface area (Å²) in [6.45, 7) is 0. The molecule has 4 N–H and O–H groups in total. The van der Waals surface area contributed by atoms with E-state index in [4.69, 9.17) is 16.0 Å². The molecule has 2 atom stereocenters. The Balaban J connectivity index is 2.41. The van der Waals surface area contributed by atoms with Crippen LogP contribution in [0.25, 0.3) is 0 Å². The minimum Gasteiger partial charge on any atom is -0.364 e. The van der Waals surface area contributed by atoms with Gasteiger partial charge in [0.25, 0.3) is 0 Å². The predicted molar refractivity (Wildman–Crippen MR) is 48.6 cm³/mol. The standard InChI is InChI=1S/C9H11N3O/c10-7-3-1-2-5-9(7,11)8-4-6-13-12-8/h1-7H,10-11H2. The highest BCUT2D eigenvalue weighted by molar-refractivity contribution is 5.33. The summed E-state index contributed by atoms with van der Waals surface area (Å²) in [6.07, 6.45) is 8.89. The lowest BCUT2D eigenvalue weighted by molar-refractivity contribution is 0.380. The minimum absolute atomic E-state index is 0.261. The van der Waals surface area contributed by atoms with Gasteiger partial charge in [-0.1, -0.05) is 29.5 Å². The van der Waals surface area contributed by atoms with Crippen molar-refractivity contribution in [2.75, 3.05) is 0 Å². The quantitative estimate of drug-likeness (QED) is 0.646. The normalized spacial score (nSPS) is 32.3. The molecule has 0 aromatic carbocycles. The average Bonchev–Trinajstić information content (AvgIpc) is 2.63. The molecule has 1 aliphatic carbocycles. The minimum atomic E-state index is -0.734. The van der Waals surface area contributed by atoms with Gasteiger partial charge >= 0.3 is 0 Å². The maximum absolute atomic E-state index is 6.08. The summed E-state index contributed by atoms with van der Waals surface area (Å²) in [4.78, 5) is 0. The van der Waals surface area contributed by atoms with Crippen LogP contribution in [0.15, 0.2) is 41.2 Å². The summed E-state index contributed by atoms with van der Waals surface area (Å²) in [5.41, 5.74) is 11.9. The van der Waals surface area contributed by atoms with Crippen LogP contribution in [-0.2, 0) is 5.54 Å². The van der Waals surface area contributed by atoms with E-state index in [0.717, 1.165) is 0 Å². The molecule has 0 radical (unpaired) electrons. The predicted octanol–water partition coefficient (Wildman–Crippen LogP) is 0.282. The smallest absolute Gasteiger partial charge is 0.124 e. The second kappa shape index (κ2) is 2.83. The molecule has 0 saturated heterocycles. The molecular weight excluding hydrogens is 166 g/mol. The van der Waals surface area contributed by atoms with Gasteiger partial charge in [0.1, 0.15) is 12.0 Å². The van der Waals surface area contributed by atoms with Gasteiger partial charge in [0.05, 0.1) is 11.6 Å². The largest absolute Gasteiger partial charge is 0.364 e. The molecule has 1 aliphatic rings. The number of nitrogens with zero attached hydrogens (tertiary/aromatic N) is 1. The number of hydrogen-bond acceptors (Lipinski definition) is 4. The fraction of sp³-hybridized carbons (Fsp3) is 0.222. The van der Waals surface area contributed by atoms with Crippen LogP contribution in [0, 0.1) is 0 Å². The molecule has 68 valence electrons. The van der Waals surface area contributed by atoms with E-state index in [9.17, 15) is 0 Å². The van der Waals surface area contributed by atoms with E-state index in [0.29, 0.717) is 5.69 Å². The maximum atomic E-state index is 6.08. The molecule has 0 bridgehead atoms. The fourth-order valence-electron chi connectivity index (χ4n) is 1.36. The molecule has 1 aromatic heterocycles. The fourth-order valence-corrected chi connectivity index (χ4v) is 1.36. The van der Waals surface area contributed by atoms with Crippen molar-refractivity contribution < 1.29 is 4.52 Å². The first-order valence-electron chi connectivity index (χ1n) is 4.05. The lowest BCUT2D eigenvalue weighted by atomic mass is 9.85. The van der Waals surface area contributed by atoms with E-state index in [2.05, 4.69) is 5.16 Å². The molecule has 0 aliphatic heterocycles. The van der Waals surface area contributed by atoms with Crippen LogP contribution in [0.5, 0.6) is 0 Å². The van der Waals surface area contributed by atoms with Gasteiger partial charge in [0.15, 0.2) is 0 Å². The highest BCUT2D eigenvalue weighted by Gasteiger charge is 2.33. The van der Waals surface area contributed by atoms with Crippen molar-refractivity contribution in [1.29, 1.82) is 0 Å². The molecule has 1 aromatic rings. The Kier molecular flexibility index (Phi) is 1.79. The zero-order valence-electron chi connectivity index (χ0n) is 7.05. The second-order valence-electron chi connectivity index (χ2n) is 3.09. The van der Waals surface area contributed by atoms with Gasteiger partial charge in [-0.25, -0.2) is 0 Å². The van der Waals surface area contributed by atoms with Gasteiger partial charge < -0.3 is 16.0 Å². The Morgan fingerprint density at radius 3 is 2.92 bits per heavy atom. The van der Waals surface area contributed by atoms with Crippen LogP contribution in [0.3, 0.4) is 0 Å². The van der Waals surface area contributed by atoms with Crippen molar-refractivity contribution >= 4 is 0 Å². The summed E-state index contributed by atoms with van der Waals surface area (Å²) in [5, 5.41) is 3.80. The molecule has 0 amide bonds. The Morgan fingerprint density at radius 1 is 1.46 bits per heavy atom. The van der Waals surface area contributed by atoms with Crippen LogP contribution in [0.2, 0.25) is 0 Å². The monoisotopic (exact) mass is 177 g/mol. The van der Waals surface area contributed by atoms with Gasteiger partial charge in [-0.2, -0.15) is 0 Å². The lowest BCUT2D eigenvalue weighted by Gasteiger charge is -2.29. The Bertz CT molecular complexity index is 342. The van der Waals surface area contributed by atoms with Crippen molar-refractivity contribution in [3.05, 3.63) is 42.3 Å². The summed E-state index contributed by atoms with van der Waals surface area (Å²) in [6, 6.07) is 1.46. The van der Waals surface area contributed by atoms with E-state index in [1.165, 1.54) is 6.26 Å². The molecule has 4 nitrogen and oxygen atoms in total. The van der Waals surface area contributed by atoms with Crippen LogP contribution >= 0.6 is 0 Å². The van der Waals surface area contributed by atoms with Crippen LogP contribution < -0.4 is 11.5 Å². The van der Waals surface area contributed by atoms with Gasteiger partial charge in [0.2, 0.25) is 0 Å². The number of aromatic nitrogens is 1. The highest BCUT2D eigenvalue weighted by Crippen LogP contribution is 2.24. The number of hydrogen-bond donors (Lipinski definition) is 2. The molecule has 1 heterocycles. The molecule has 2 rings (SSSR count). The van der Waals surface area contributed by atoms with E-state index in [-0.39, 0.29) is 6.04 Å². The Labute approximate surface area is 75.9 Å². The third-order valence-electron chi connectivity index (χ3n) is 2.23. The molecule has 13 heavy (non-hydrogen) atoms. The Morgan fingerprint density at radius 2 is 2.31 bits per heavy atom. The van der Waals surface area contributed by atoms with Crippen molar-refractivity contribution in [2.24, 2.45) is 11.5 Å². The topological polar surface area (TPSA) is 78.1 Å². The summed E-state index contributed by atoms with van der Waals surface area (Å²) in [5.74, 6) is 0. The summed E-state index contributed by atoms with van der Waals surface area (Å²) in [7, 11) is 0. The number of rotatable bonds is 1. The Hall–Kier alpha value is -1.39. The third kappa shape index (κ3) is 1.20.